The summed E-state index contributed by atoms with van der Waals surface area (Å²) in [6, 6.07) is 7.14. The van der Waals surface area contributed by atoms with Crippen LogP contribution < -0.4 is 4.74 Å². The van der Waals surface area contributed by atoms with Gasteiger partial charge in [0.15, 0.2) is 21.9 Å². The number of aromatic nitrogens is 2. The van der Waals surface area contributed by atoms with Gasteiger partial charge in [-0.05, 0) is 19.1 Å². The van der Waals surface area contributed by atoms with Crippen LogP contribution in [0.2, 0.25) is 10.3 Å². The largest absolute Gasteiger partial charge is 0.493 e. The zero-order valence-electron chi connectivity index (χ0n) is 9.45. The van der Waals surface area contributed by atoms with E-state index in [1.807, 2.05) is 13.0 Å². The van der Waals surface area contributed by atoms with Crippen LogP contribution >= 0.6 is 23.2 Å². The van der Waals surface area contributed by atoms with Gasteiger partial charge in [-0.15, -0.1) is 0 Å². The fourth-order valence-corrected chi connectivity index (χ4v) is 1.83. The van der Waals surface area contributed by atoms with Crippen molar-refractivity contribution in [3.63, 3.8) is 0 Å². The monoisotopic (exact) mass is 286 g/mol. The molecular formula is C12H9Cl2FN2O. The topological polar surface area (TPSA) is 35.0 Å². The molecule has 0 saturated heterocycles. The molecule has 2 aromatic rings. The number of benzene rings is 1. The Morgan fingerprint density at radius 2 is 1.78 bits per heavy atom. The number of halogens is 3. The summed E-state index contributed by atoms with van der Waals surface area (Å²) in [6.07, 6.45) is 0. The highest BCUT2D eigenvalue weighted by molar-refractivity contribution is 6.33. The molecule has 0 aliphatic carbocycles. The number of nitrogens with zero attached hydrogens (tertiary/aromatic N) is 2. The van der Waals surface area contributed by atoms with E-state index in [0.29, 0.717) is 17.9 Å². The molecule has 1 aromatic heterocycles. The molecule has 0 amide bonds. The molecule has 0 aliphatic rings. The van der Waals surface area contributed by atoms with Gasteiger partial charge in [-0.25, -0.2) is 14.4 Å². The second-order valence-electron chi connectivity index (χ2n) is 3.37. The van der Waals surface area contributed by atoms with E-state index in [0.717, 1.165) is 0 Å². The first-order valence-corrected chi connectivity index (χ1v) is 5.99. The zero-order valence-corrected chi connectivity index (χ0v) is 11.0. The van der Waals surface area contributed by atoms with Gasteiger partial charge in [-0.3, -0.25) is 0 Å². The van der Waals surface area contributed by atoms with Crippen LogP contribution in [-0.2, 0) is 0 Å². The molecule has 3 nitrogen and oxygen atoms in total. The Kier molecular flexibility index (Phi) is 3.99. The highest BCUT2D eigenvalue weighted by Gasteiger charge is 2.15. The van der Waals surface area contributed by atoms with Gasteiger partial charge >= 0.3 is 0 Å². The Morgan fingerprint density at radius 3 is 2.39 bits per heavy atom. The number of hydrogen-bond acceptors (Lipinski definition) is 3. The molecule has 1 aromatic carbocycles. The Labute approximate surface area is 114 Å². The fourth-order valence-electron chi connectivity index (χ4n) is 1.45. The Bertz CT molecular complexity index is 555. The fraction of sp³-hybridized carbons (Fsp3) is 0.167. The van der Waals surface area contributed by atoms with Gasteiger partial charge in [0.1, 0.15) is 5.75 Å². The third-order valence-electron chi connectivity index (χ3n) is 2.20. The molecule has 0 spiro atoms. The van der Waals surface area contributed by atoms with E-state index in [1.165, 1.54) is 0 Å². The molecule has 0 N–H and O–H groups in total. The number of para-hydroxylation sites is 1. The van der Waals surface area contributed by atoms with Crippen molar-refractivity contribution in [2.45, 2.75) is 6.92 Å². The highest BCUT2D eigenvalue weighted by Crippen LogP contribution is 2.30. The van der Waals surface area contributed by atoms with E-state index in [1.54, 1.807) is 18.2 Å². The van der Waals surface area contributed by atoms with Crippen molar-refractivity contribution < 1.29 is 9.13 Å². The molecule has 94 valence electrons. The predicted molar refractivity (Wildman–Crippen MR) is 68.6 cm³/mol. The minimum atomic E-state index is -0.823. The smallest absolute Gasteiger partial charge is 0.197 e. The first-order chi connectivity index (χ1) is 8.63. The van der Waals surface area contributed by atoms with Crippen LogP contribution in [0.3, 0.4) is 0 Å². The third-order valence-corrected chi connectivity index (χ3v) is 2.70. The van der Waals surface area contributed by atoms with Crippen LogP contribution in [0.1, 0.15) is 6.92 Å². The van der Waals surface area contributed by atoms with Crippen LogP contribution in [-0.4, -0.2) is 16.6 Å². The summed E-state index contributed by atoms with van der Waals surface area (Å²) in [5, 5.41) is -0.618. The van der Waals surface area contributed by atoms with Crippen LogP contribution in [0.25, 0.3) is 11.4 Å². The maximum Gasteiger partial charge on any atom is 0.197 e. The third kappa shape index (κ3) is 2.54. The molecule has 0 aliphatic heterocycles. The molecule has 0 bridgehead atoms. The molecular weight excluding hydrogens is 278 g/mol. The van der Waals surface area contributed by atoms with Crippen LogP contribution in [0.15, 0.2) is 24.3 Å². The summed E-state index contributed by atoms with van der Waals surface area (Å²) in [7, 11) is 0. The van der Waals surface area contributed by atoms with Gasteiger partial charge in [-0.2, -0.15) is 0 Å². The lowest BCUT2D eigenvalue weighted by atomic mass is 10.2. The molecule has 2 rings (SSSR count). The van der Waals surface area contributed by atoms with E-state index < -0.39 is 5.82 Å². The standard InChI is InChI=1S/C12H9Cl2FN2O/c1-2-18-8-6-4-3-5-7(8)12-16-10(13)9(15)11(14)17-12/h3-6H,2H2,1H3. The van der Waals surface area contributed by atoms with Crippen molar-refractivity contribution in [3.05, 3.63) is 40.4 Å². The highest BCUT2D eigenvalue weighted by atomic mass is 35.5. The van der Waals surface area contributed by atoms with Gasteiger partial charge < -0.3 is 4.74 Å². The molecule has 0 fully saturated rings. The van der Waals surface area contributed by atoms with Crippen molar-refractivity contribution in [2.75, 3.05) is 6.61 Å². The number of rotatable bonds is 3. The molecule has 18 heavy (non-hydrogen) atoms. The van der Waals surface area contributed by atoms with Crippen molar-refractivity contribution in [1.29, 1.82) is 0 Å². The molecule has 6 heteroatoms. The van der Waals surface area contributed by atoms with E-state index >= 15 is 0 Å². The Balaban J connectivity index is 2.55. The van der Waals surface area contributed by atoms with Crippen LogP contribution in [0, 0.1) is 5.82 Å². The van der Waals surface area contributed by atoms with Gasteiger partial charge in [0.25, 0.3) is 0 Å². The van der Waals surface area contributed by atoms with Crippen molar-refractivity contribution in [3.8, 4) is 17.1 Å². The molecule has 0 saturated carbocycles. The van der Waals surface area contributed by atoms with Crippen LogP contribution in [0.4, 0.5) is 4.39 Å². The zero-order chi connectivity index (χ0) is 13.1. The first-order valence-electron chi connectivity index (χ1n) is 5.24. The van der Waals surface area contributed by atoms with Gasteiger partial charge in [0.2, 0.25) is 0 Å². The van der Waals surface area contributed by atoms with Gasteiger partial charge in [0, 0.05) is 0 Å². The first kappa shape index (κ1) is 13.1. The summed E-state index contributed by atoms with van der Waals surface area (Å²) in [5.41, 5.74) is 0.614. The van der Waals surface area contributed by atoms with Crippen molar-refractivity contribution in [1.82, 2.24) is 9.97 Å². The summed E-state index contributed by atoms with van der Waals surface area (Å²) >= 11 is 11.3. The molecule has 0 radical (unpaired) electrons. The number of ether oxygens (including phenoxy) is 1. The second-order valence-corrected chi connectivity index (χ2v) is 4.09. The van der Waals surface area contributed by atoms with E-state index in [2.05, 4.69) is 9.97 Å². The average Bonchev–Trinajstić information content (AvgIpc) is 2.36. The molecule has 0 unspecified atom stereocenters. The van der Waals surface area contributed by atoms with E-state index in [4.69, 9.17) is 27.9 Å². The maximum absolute atomic E-state index is 13.3. The minimum Gasteiger partial charge on any atom is -0.493 e. The van der Waals surface area contributed by atoms with Gasteiger partial charge in [0.05, 0.1) is 12.2 Å². The SMILES string of the molecule is CCOc1ccccc1-c1nc(Cl)c(F)c(Cl)n1. The normalized spacial score (nSPS) is 10.4. The summed E-state index contributed by atoms with van der Waals surface area (Å²) in [4.78, 5) is 7.72. The van der Waals surface area contributed by atoms with Crippen molar-refractivity contribution in [2.24, 2.45) is 0 Å². The molecule has 1 heterocycles. The summed E-state index contributed by atoms with van der Waals surface area (Å²) in [6.45, 7) is 2.36. The van der Waals surface area contributed by atoms with Gasteiger partial charge in [-0.1, -0.05) is 35.3 Å². The lowest BCUT2D eigenvalue weighted by Crippen LogP contribution is -1.98. The number of hydrogen-bond donors (Lipinski definition) is 0. The van der Waals surface area contributed by atoms with Crippen LogP contribution in [0.5, 0.6) is 5.75 Å². The summed E-state index contributed by atoms with van der Waals surface area (Å²) < 4.78 is 18.7. The van der Waals surface area contributed by atoms with Crippen molar-refractivity contribution >= 4 is 23.2 Å². The second kappa shape index (κ2) is 5.50. The minimum absolute atomic E-state index is 0.232. The molecule has 0 atom stereocenters. The average molecular weight is 287 g/mol. The van der Waals surface area contributed by atoms with E-state index in [9.17, 15) is 4.39 Å². The summed E-state index contributed by atoms with van der Waals surface area (Å²) in [5.74, 6) is 0.00478. The quantitative estimate of drug-likeness (QED) is 0.801. The predicted octanol–water partition coefficient (Wildman–Crippen LogP) is 3.99. The lowest BCUT2D eigenvalue weighted by Gasteiger charge is -2.09. The van der Waals surface area contributed by atoms with E-state index in [-0.39, 0.29) is 16.1 Å². The Hall–Kier alpha value is -1.39. The maximum atomic E-state index is 13.3. The Morgan fingerprint density at radius 1 is 1.17 bits per heavy atom. The lowest BCUT2D eigenvalue weighted by molar-refractivity contribution is 0.341.